The molecule has 5 aromatic rings. The number of aromatic nitrogens is 6. The SMILES string of the molecule is COc1ccc2[nH]c(-c3n[nH]c4ncc(-c5cncc(CCCCN)c5)cc34)nc2c1. The normalized spacial score (nSPS) is 11.4. The average Bonchev–Trinajstić information content (AvgIpc) is 3.42. The number of rotatable bonds is 7. The summed E-state index contributed by atoms with van der Waals surface area (Å²) in [6.07, 6.45) is 8.66. The van der Waals surface area contributed by atoms with Gasteiger partial charge in [-0.2, -0.15) is 5.10 Å². The molecule has 0 aliphatic heterocycles. The Labute approximate surface area is 178 Å². The highest BCUT2D eigenvalue weighted by atomic mass is 16.5. The van der Waals surface area contributed by atoms with E-state index in [2.05, 4.69) is 37.3 Å². The monoisotopic (exact) mass is 413 g/mol. The second kappa shape index (κ2) is 8.16. The minimum Gasteiger partial charge on any atom is -0.497 e. The lowest BCUT2D eigenvalue weighted by Gasteiger charge is -2.05. The van der Waals surface area contributed by atoms with Crippen LogP contribution in [0.1, 0.15) is 18.4 Å². The van der Waals surface area contributed by atoms with E-state index >= 15 is 0 Å². The predicted molar refractivity (Wildman–Crippen MR) is 121 cm³/mol. The second-order valence-corrected chi connectivity index (χ2v) is 7.49. The van der Waals surface area contributed by atoms with Crippen LogP contribution in [0.25, 0.3) is 44.7 Å². The number of aryl methyl sites for hydroxylation is 1. The van der Waals surface area contributed by atoms with Gasteiger partial charge in [0.1, 0.15) is 11.4 Å². The van der Waals surface area contributed by atoms with E-state index in [9.17, 15) is 0 Å². The van der Waals surface area contributed by atoms with Crippen molar-refractivity contribution >= 4 is 22.1 Å². The van der Waals surface area contributed by atoms with Crippen molar-refractivity contribution in [3.8, 4) is 28.4 Å². The van der Waals surface area contributed by atoms with Crippen molar-refractivity contribution in [2.75, 3.05) is 13.7 Å². The summed E-state index contributed by atoms with van der Waals surface area (Å²) in [4.78, 5) is 17.0. The van der Waals surface area contributed by atoms with Crippen LogP contribution in [0, 0.1) is 0 Å². The first kappa shape index (κ1) is 19.2. The van der Waals surface area contributed by atoms with Crippen LogP contribution in [0.2, 0.25) is 0 Å². The van der Waals surface area contributed by atoms with Gasteiger partial charge in [0, 0.05) is 35.8 Å². The summed E-state index contributed by atoms with van der Waals surface area (Å²) in [7, 11) is 1.64. The fraction of sp³-hybridized carbons (Fsp3) is 0.217. The van der Waals surface area contributed by atoms with Crippen molar-refractivity contribution in [3.63, 3.8) is 0 Å². The van der Waals surface area contributed by atoms with Crippen LogP contribution in [0.4, 0.5) is 0 Å². The highest BCUT2D eigenvalue weighted by molar-refractivity contribution is 5.93. The zero-order valence-electron chi connectivity index (χ0n) is 17.2. The fourth-order valence-electron chi connectivity index (χ4n) is 3.72. The number of ether oxygens (including phenoxy) is 1. The van der Waals surface area contributed by atoms with Gasteiger partial charge in [0.05, 0.1) is 23.5 Å². The van der Waals surface area contributed by atoms with E-state index in [0.29, 0.717) is 18.0 Å². The lowest BCUT2D eigenvalue weighted by Crippen LogP contribution is -1.99. The molecule has 0 radical (unpaired) electrons. The molecule has 1 aromatic carbocycles. The van der Waals surface area contributed by atoms with Gasteiger partial charge in [-0.05, 0) is 55.6 Å². The molecule has 0 amide bonds. The highest BCUT2D eigenvalue weighted by Crippen LogP contribution is 2.30. The smallest absolute Gasteiger partial charge is 0.159 e. The molecular formula is C23H23N7O. The van der Waals surface area contributed by atoms with Crippen LogP contribution in [-0.2, 0) is 6.42 Å². The Morgan fingerprint density at radius 3 is 2.81 bits per heavy atom. The number of hydrogen-bond donors (Lipinski definition) is 3. The zero-order chi connectivity index (χ0) is 21.2. The quantitative estimate of drug-likeness (QED) is 0.349. The first-order valence-corrected chi connectivity index (χ1v) is 10.3. The Bertz CT molecular complexity index is 1350. The molecule has 0 atom stereocenters. The Hall–Kier alpha value is -3.78. The summed E-state index contributed by atoms with van der Waals surface area (Å²) < 4.78 is 5.30. The molecule has 0 aliphatic carbocycles. The molecule has 0 saturated heterocycles. The number of H-pyrrole nitrogens is 2. The third-order valence-corrected chi connectivity index (χ3v) is 5.38. The molecule has 0 saturated carbocycles. The summed E-state index contributed by atoms with van der Waals surface area (Å²) in [5.41, 5.74) is 12.0. The van der Waals surface area contributed by atoms with Crippen LogP contribution in [0.15, 0.2) is 48.9 Å². The lowest BCUT2D eigenvalue weighted by molar-refractivity contribution is 0.415. The van der Waals surface area contributed by atoms with E-state index < -0.39 is 0 Å². The van der Waals surface area contributed by atoms with Gasteiger partial charge < -0.3 is 15.5 Å². The number of methoxy groups -OCH3 is 1. The molecule has 4 aromatic heterocycles. The molecule has 8 heteroatoms. The van der Waals surface area contributed by atoms with Gasteiger partial charge in [0.15, 0.2) is 11.5 Å². The first-order valence-electron chi connectivity index (χ1n) is 10.3. The number of unbranched alkanes of at least 4 members (excludes halogenated alkanes) is 1. The van der Waals surface area contributed by atoms with Crippen LogP contribution in [0.5, 0.6) is 5.75 Å². The topological polar surface area (TPSA) is 118 Å². The van der Waals surface area contributed by atoms with E-state index in [-0.39, 0.29) is 0 Å². The van der Waals surface area contributed by atoms with Gasteiger partial charge in [-0.1, -0.05) is 0 Å². The van der Waals surface area contributed by atoms with E-state index in [1.54, 1.807) is 7.11 Å². The number of aromatic amines is 2. The summed E-state index contributed by atoms with van der Waals surface area (Å²) in [6.45, 7) is 0.714. The van der Waals surface area contributed by atoms with Crippen LogP contribution in [-0.4, -0.2) is 43.8 Å². The Kier molecular flexibility index (Phi) is 5.05. The molecule has 0 unspecified atom stereocenters. The van der Waals surface area contributed by atoms with Crippen molar-refractivity contribution in [1.29, 1.82) is 0 Å². The maximum Gasteiger partial charge on any atom is 0.159 e. The van der Waals surface area contributed by atoms with Crippen LogP contribution < -0.4 is 10.5 Å². The fourth-order valence-corrected chi connectivity index (χ4v) is 3.72. The number of nitrogens with one attached hydrogen (secondary N) is 2. The molecule has 4 heterocycles. The molecule has 8 nitrogen and oxygen atoms in total. The van der Waals surface area contributed by atoms with Crippen molar-refractivity contribution < 1.29 is 4.74 Å². The molecule has 0 spiro atoms. The largest absolute Gasteiger partial charge is 0.497 e. The third-order valence-electron chi connectivity index (χ3n) is 5.38. The summed E-state index contributed by atoms with van der Waals surface area (Å²) >= 11 is 0. The molecule has 4 N–H and O–H groups in total. The molecule has 0 bridgehead atoms. The summed E-state index contributed by atoms with van der Waals surface area (Å²) in [6, 6.07) is 10.00. The van der Waals surface area contributed by atoms with Crippen molar-refractivity contribution in [1.82, 2.24) is 30.1 Å². The predicted octanol–water partition coefficient (Wildman–Crippen LogP) is 3.85. The van der Waals surface area contributed by atoms with E-state index in [1.165, 1.54) is 5.56 Å². The molecule has 31 heavy (non-hydrogen) atoms. The standard InChI is InChI=1S/C23H23N7O/c1-31-17-5-6-19-20(10-17)28-23(27-19)21-18-9-16(13-26-22(18)30-29-21)15-8-14(11-25-12-15)4-2-3-7-24/h5-6,8-13H,2-4,7,24H2,1H3,(H,27,28)(H,26,29,30). The first-order chi connectivity index (χ1) is 15.2. The number of nitrogens with zero attached hydrogens (tertiary/aromatic N) is 4. The molecular weight excluding hydrogens is 390 g/mol. The minimum absolute atomic E-state index is 0.683. The lowest BCUT2D eigenvalue weighted by atomic mass is 10.0. The maximum atomic E-state index is 5.61. The Morgan fingerprint density at radius 1 is 1.03 bits per heavy atom. The number of fused-ring (bicyclic) bond motifs is 2. The Balaban J connectivity index is 1.53. The van der Waals surface area contributed by atoms with Gasteiger partial charge >= 0.3 is 0 Å². The second-order valence-electron chi connectivity index (χ2n) is 7.49. The van der Waals surface area contributed by atoms with Crippen molar-refractivity contribution in [2.24, 2.45) is 5.73 Å². The molecule has 0 fully saturated rings. The van der Waals surface area contributed by atoms with Crippen molar-refractivity contribution in [3.05, 3.63) is 54.5 Å². The van der Waals surface area contributed by atoms with E-state index in [1.807, 2.05) is 36.8 Å². The zero-order valence-corrected chi connectivity index (χ0v) is 17.2. The number of pyridine rings is 2. The third kappa shape index (κ3) is 3.73. The van der Waals surface area contributed by atoms with E-state index in [4.69, 9.17) is 15.5 Å². The van der Waals surface area contributed by atoms with Gasteiger partial charge in [0.2, 0.25) is 0 Å². The van der Waals surface area contributed by atoms with Crippen LogP contribution >= 0.6 is 0 Å². The highest BCUT2D eigenvalue weighted by Gasteiger charge is 2.15. The molecule has 0 aliphatic rings. The van der Waals surface area contributed by atoms with Gasteiger partial charge in [-0.25, -0.2) is 9.97 Å². The summed E-state index contributed by atoms with van der Waals surface area (Å²) in [5, 5.41) is 8.37. The number of hydrogen-bond acceptors (Lipinski definition) is 6. The summed E-state index contributed by atoms with van der Waals surface area (Å²) in [5.74, 6) is 1.45. The van der Waals surface area contributed by atoms with Gasteiger partial charge in [-0.3, -0.25) is 10.1 Å². The number of benzene rings is 1. The average molecular weight is 413 g/mol. The minimum atomic E-state index is 0.683. The maximum absolute atomic E-state index is 5.61. The van der Waals surface area contributed by atoms with Gasteiger partial charge in [0.25, 0.3) is 0 Å². The van der Waals surface area contributed by atoms with E-state index in [0.717, 1.165) is 58.3 Å². The molecule has 156 valence electrons. The van der Waals surface area contributed by atoms with Crippen LogP contribution in [0.3, 0.4) is 0 Å². The number of nitrogens with two attached hydrogens (primary N) is 1. The van der Waals surface area contributed by atoms with Gasteiger partial charge in [-0.15, -0.1) is 0 Å². The molecule has 5 rings (SSSR count). The van der Waals surface area contributed by atoms with Crippen molar-refractivity contribution in [2.45, 2.75) is 19.3 Å². The number of imidazole rings is 1. The Morgan fingerprint density at radius 2 is 1.94 bits per heavy atom.